The predicted octanol–water partition coefficient (Wildman–Crippen LogP) is 4.32. The second-order valence-corrected chi connectivity index (χ2v) is 7.11. The molecule has 0 bridgehead atoms. The third-order valence-electron chi connectivity index (χ3n) is 5.01. The zero-order valence-electron chi connectivity index (χ0n) is 17.6. The first kappa shape index (κ1) is 21.4. The molecule has 6 heteroatoms. The topological polar surface area (TPSA) is 76.1 Å². The van der Waals surface area contributed by atoms with Crippen LogP contribution in [0.15, 0.2) is 54.1 Å². The quantitative estimate of drug-likeness (QED) is 0.399. The van der Waals surface area contributed by atoms with Crippen LogP contribution in [0.2, 0.25) is 0 Å². The molecule has 0 aromatic heterocycles. The summed E-state index contributed by atoms with van der Waals surface area (Å²) >= 11 is 0. The number of carbonyl (C=O) groups is 2. The largest absolute Gasteiger partial charge is 0.507 e. The maximum atomic E-state index is 13.0. The first-order chi connectivity index (χ1) is 14.5. The highest BCUT2D eigenvalue weighted by molar-refractivity contribution is 6.46. The van der Waals surface area contributed by atoms with Gasteiger partial charge in [0, 0.05) is 6.54 Å². The summed E-state index contributed by atoms with van der Waals surface area (Å²) in [4.78, 5) is 27.3. The van der Waals surface area contributed by atoms with E-state index >= 15 is 0 Å². The van der Waals surface area contributed by atoms with Crippen molar-refractivity contribution in [1.82, 2.24) is 4.90 Å². The van der Waals surface area contributed by atoms with Crippen LogP contribution in [0.5, 0.6) is 11.5 Å². The van der Waals surface area contributed by atoms with Crippen LogP contribution < -0.4 is 9.47 Å². The molecule has 0 spiro atoms. The van der Waals surface area contributed by atoms with Crippen LogP contribution in [0.1, 0.15) is 43.9 Å². The summed E-state index contributed by atoms with van der Waals surface area (Å²) in [6.45, 7) is 4.93. The van der Waals surface area contributed by atoms with E-state index in [2.05, 4.69) is 0 Å². The molecule has 1 fully saturated rings. The van der Waals surface area contributed by atoms with Crippen LogP contribution in [0.4, 0.5) is 0 Å². The highest BCUT2D eigenvalue weighted by atomic mass is 16.5. The number of ether oxygens (including phenoxy) is 2. The van der Waals surface area contributed by atoms with Gasteiger partial charge in [-0.3, -0.25) is 9.59 Å². The maximum absolute atomic E-state index is 13.0. The number of Topliss-reactive ketones (excluding diaryl/α,β-unsaturated/α-hetero) is 1. The number of rotatable bonds is 8. The van der Waals surface area contributed by atoms with Gasteiger partial charge in [0.25, 0.3) is 11.7 Å². The van der Waals surface area contributed by atoms with Gasteiger partial charge in [0.05, 0.1) is 30.9 Å². The first-order valence-electron chi connectivity index (χ1n) is 10.2. The number of ketones is 1. The van der Waals surface area contributed by atoms with Crippen molar-refractivity contribution in [1.29, 1.82) is 0 Å². The van der Waals surface area contributed by atoms with E-state index in [1.54, 1.807) is 24.3 Å². The van der Waals surface area contributed by atoms with Crippen LogP contribution in [0, 0.1) is 0 Å². The molecule has 0 radical (unpaired) electrons. The average Bonchev–Trinajstić information content (AvgIpc) is 3.02. The molecule has 2 aromatic rings. The Morgan fingerprint density at radius 1 is 1.07 bits per heavy atom. The average molecular weight is 409 g/mol. The van der Waals surface area contributed by atoms with Crippen LogP contribution in [0.3, 0.4) is 0 Å². The van der Waals surface area contributed by atoms with Gasteiger partial charge in [-0.2, -0.15) is 0 Å². The van der Waals surface area contributed by atoms with E-state index in [9.17, 15) is 14.7 Å². The molecule has 1 amide bonds. The number of nitrogens with zero attached hydrogens (tertiary/aromatic N) is 1. The Balaban J connectivity index is 2.17. The van der Waals surface area contributed by atoms with E-state index in [-0.39, 0.29) is 11.3 Å². The van der Waals surface area contributed by atoms with E-state index < -0.39 is 17.7 Å². The summed E-state index contributed by atoms with van der Waals surface area (Å²) in [5.74, 6) is -0.464. The second kappa shape index (κ2) is 9.48. The highest BCUT2D eigenvalue weighted by Gasteiger charge is 2.46. The van der Waals surface area contributed by atoms with Gasteiger partial charge in [0.1, 0.15) is 17.3 Å². The number of methoxy groups -OCH3 is 1. The molecule has 158 valence electrons. The Bertz CT molecular complexity index is 966. The van der Waals surface area contributed by atoms with Crippen molar-refractivity contribution >= 4 is 17.4 Å². The van der Waals surface area contributed by atoms with E-state index in [0.717, 1.165) is 6.42 Å². The Morgan fingerprint density at radius 2 is 1.83 bits per heavy atom. The van der Waals surface area contributed by atoms with Crippen molar-refractivity contribution in [3.05, 3.63) is 65.2 Å². The van der Waals surface area contributed by atoms with E-state index in [1.807, 2.05) is 38.1 Å². The van der Waals surface area contributed by atoms with Gasteiger partial charge in [0.2, 0.25) is 0 Å². The summed E-state index contributed by atoms with van der Waals surface area (Å²) in [6.07, 6.45) is 1.55. The Labute approximate surface area is 176 Å². The standard InChI is InChI=1S/C24H27NO5/c1-4-13-25-21(16-9-8-10-17(15-16)30-14-5-2)20(23(27)24(25)28)22(26)18-11-6-7-12-19(18)29-3/h6-12,15,21,26H,4-5,13-14H2,1-3H3/b22-20-. The van der Waals surface area contributed by atoms with E-state index in [4.69, 9.17) is 9.47 Å². The van der Waals surface area contributed by atoms with Gasteiger partial charge in [-0.1, -0.05) is 38.1 Å². The number of hydrogen-bond donors (Lipinski definition) is 1. The van der Waals surface area contributed by atoms with Gasteiger partial charge in [-0.25, -0.2) is 0 Å². The van der Waals surface area contributed by atoms with Gasteiger partial charge < -0.3 is 19.5 Å². The summed E-state index contributed by atoms with van der Waals surface area (Å²) in [5, 5.41) is 11.1. The third-order valence-corrected chi connectivity index (χ3v) is 5.01. The lowest BCUT2D eigenvalue weighted by Gasteiger charge is -2.25. The second-order valence-electron chi connectivity index (χ2n) is 7.11. The fourth-order valence-electron chi connectivity index (χ4n) is 3.68. The molecule has 2 aromatic carbocycles. The van der Waals surface area contributed by atoms with Crippen molar-refractivity contribution in [3.8, 4) is 11.5 Å². The fourth-order valence-corrected chi connectivity index (χ4v) is 3.68. The SMILES string of the molecule is CCCOc1cccc(C2/C(=C(/O)c3ccccc3OC)C(=O)C(=O)N2CCC)c1. The summed E-state index contributed by atoms with van der Waals surface area (Å²) in [7, 11) is 1.49. The number of likely N-dealkylation sites (tertiary alicyclic amines) is 1. The van der Waals surface area contributed by atoms with Crippen molar-refractivity contribution in [2.75, 3.05) is 20.3 Å². The first-order valence-corrected chi connectivity index (χ1v) is 10.2. The summed E-state index contributed by atoms with van der Waals surface area (Å²) < 4.78 is 11.1. The smallest absolute Gasteiger partial charge is 0.295 e. The molecule has 1 aliphatic heterocycles. The van der Waals surface area contributed by atoms with Crippen molar-refractivity contribution in [3.63, 3.8) is 0 Å². The number of para-hydroxylation sites is 1. The number of aliphatic hydroxyl groups excluding tert-OH is 1. The number of aliphatic hydroxyl groups is 1. The van der Waals surface area contributed by atoms with E-state index in [1.165, 1.54) is 12.0 Å². The number of amides is 1. The van der Waals surface area contributed by atoms with Crippen LogP contribution >= 0.6 is 0 Å². The Kier molecular flexibility index (Phi) is 6.77. The Hall–Kier alpha value is -3.28. The summed E-state index contributed by atoms with van der Waals surface area (Å²) in [5.41, 5.74) is 1.15. The minimum Gasteiger partial charge on any atom is -0.507 e. The lowest BCUT2D eigenvalue weighted by Crippen LogP contribution is -2.30. The third kappa shape index (κ3) is 4.03. The van der Waals surface area contributed by atoms with Gasteiger partial charge in [-0.05, 0) is 42.7 Å². The Morgan fingerprint density at radius 3 is 2.53 bits per heavy atom. The maximum Gasteiger partial charge on any atom is 0.295 e. The lowest BCUT2D eigenvalue weighted by molar-refractivity contribution is -0.139. The minimum atomic E-state index is -0.697. The number of benzene rings is 2. The monoisotopic (exact) mass is 409 g/mol. The lowest BCUT2D eigenvalue weighted by atomic mass is 9.95. The van der Waals surface area contributed by atoms with Crippen molar-refractivity contribution in [2.24, 2.45) is 0 Å². The molecular weight excluding hydrogens is 382 g/mol. The van der Waals surface area contributed by atoms with Crippen molar-refractivity contribution < 1.29 is 24.2 Å². The predicted molar refractivity (Wildman–Crippen MR) is 115 cm³/mol. The number of hydrogen-bond acceptors (Lipinski definition) is 5. The molecule has 1 aliphatic rings. The molecule has 1 atom stereocenters. The molecular formula is C24H27NO5. The van der Waals surface area contributed by atoms with E-state index in [0.29, 0.717) is 42.2 Å². The normalized spacial score (nSPS) is 18.0. The zero-order valence-corrected chi connectivity index (χ0v) is 17.6. The molecule has 1 saturated heterocycles. The molecule has 3 rings (SSSR count). The minimum absolute atomic E-state index is 0.0607. The molecule has 0 saturated carbocycles. The summed E-state index contributed by atoms with van der Waals surface area (Å²) in [6, 6.07) is 13.5. The molecule has 30 heavy (non-hydrogen) atoms. The molecule has 1 unspecified atom stereocenters. The highest BCUT2D eigenvalue weighted by Crippen LogP contribution is 2.41. The van der Waals surface area contributed by atoms with Crippen LogP contribution in [-0.2, 0) is 9.59 Å². The van der Waals surface area contributed by atoms with Gasteiger partial charge >= 0.3 is 0 Å². The van der Waals surface area contributed by atoms with Gasteiger partial charge in [0.15, 0.2) is 0 Å². The molecule has 6 nitrogen and oxygen atoms in total. The van der Waals surface area contributed by atoms with Crippen LogP contribution in [-0.4, -0.2) is 42.0 Å². The van der Waals surface area contributed by atoms with Gasteiger partial charge in [-0.15, -0.1) is 0 Å². The van der Waals surface area contributed by atoms with Crippen LogP contribution in [0.25, 0.3) is 5.76 Å². The molecule has 0 aliphatic carbocycles. The van der Waals surface area contributed by atoms with Crippen molar-refractivity contribution in [2.45, 2.75) is 32.7 Å². The molecule has 1 heterocycles. The fraction of sp³-hybridized carbons (Fsp3) is 0.333. The zero-order chi connectivity index (χ0) is 21.7. The number of carbonyl (C=O) groups excluding carboxylic acids is 2. The molecule has 1 N–H and O–H groups in total.